The van der Waals surface area contributed by atoms with Gasteiger partial charge in [0.05, 0.1) is 16.4 Å². The van der Waals surface area contributed by atoms with Gasteiger partial charge in [-0.1, -0.05) is 59.3 Å². The van der Waals surface area contributed by atoms with E-state index in [1.165, 1.54) is 22.9 Å². The van der Waals surface area contributed by atoms with Gasteiger partial charge in [-0.3, -0.25) is 9.59 Å². The normalized spacial score (nSPS) is 10.7. The minimum Gasteiger partial charge on any atom is -0.321 e. The number of nitrogens with one attached hydrogen (secondary N) is 1. The second kappa shape index (κ2) is 8.49. The molecule has 0 saturated heterocycles. The number of anilines is 1. The quantitative estimate of drug-likeness (QED) is 0.455. The fourth-order valence-electron chi connectivity index (χ4n) is 3.09. The number of rotatable bonds is 5. The van der Waals surface area contributed by atoms with Crippen molar-refractivity contribution in [2.75, 3.05) is 5.32 Å². The summed E-state index contributed by atoms with van der Waals surface area (Å²) in [7, 11) is 0. The van der Waals surface area contributed by atoms with Crippen LogP contribution in [0.25, 0.3) is 5.69 Å². The van der Waals surface area contributed by atoms with Gasteiger partial charge in [-0.25, -0.2) is 9.07 Å². The Morgan fingerprint density at radius 3 is 2.45 bits per heavy atom. The first-order chi connectivity index (χ1) is 14.9. The third-order valence-electron chi connectivity index (χ3n) is 4.68. The highest BCUT2D eigenvalue weighted by atomic mass is 35.5. The van der Waals surface area contributed by atoms with Crippen LogP contribution < -0.4 is 5.32 Å². The van der Waals surface area contributed by atoms with Gasteiger partial charge in [0.2, 0.25) is 0 Å². The van der Waals surface area contributed by atoms with Crippen LogP contribution in [0.1, 0.15) is 32.1 Å². The smallest absolute Gasteiger partial charge is 0.278 e. The standard InChI is InChI=1S/C23H16ClFN4O2/c1-14-21(27-28-29(14)18-10-11-20(25)19(24)13-18)23(31)26-17-9-5-8-16(12-17)22(30)15-6-3-2-4-7-15/h2-13H,1H3,(H,26,31). The van der Waals surface area contributed by atoms with Crippen LogP contribution in [0.4, 0.5) is 10.1 Å². The summed E-state index contributed by atoms with van der Waals surface area (Å²) >= 11 is 5.83. The molecule has 4 rings (SSSR count). The average molecular weight is 435 g/mol. The fraction of sp³-hybridized carbons (Fsp3) is 0.0435. The number of carbonyl (C=O) groups is 2. The molecule has 0 radical (unpaired) electrons. The molecule has 8 heteroatoms. The maximum absolute atomic E-state index is 13.4. The summed E-state index contributed by atoms with van der Waals surface area (Å²) in [6.45, 7) is 1.67. The molecule has 0 aliphatic heterocycles. The lowest BCUT2D eigenvalue weighted by molar-refractivity contribution is 0.101. The monoisotopic (exact) mass is 434 g/mol. The van der Waals surface area contributed by atoms with Gasteiger partial charge in [0.25, 0.3) is 5.91 Å². The predicted molar refractivity (Wildman–Crippen MR) is 115 cm³/mol. The van der Waals surface area contributed by atoms with Crippen molar-refractivity contribution in [3.63, 3.8) is 0 Å². The summed E-state index contributed by atoms with van der Waals surface area (Å²) in [6, 6.07) is 19.7. The SMILES string of the molecule is Cc1c(C(=O)Nc2cccc(C(=O)c3ccccc3)c2)nnn1-c1ccc(F)c(Cl)c1. The van der Waals surface area contributed by atoms with E-state index in [9.17, 15) is 14.0 Å². The van der Waals surface area contributed by atoms with Gasteiger partial charge in [0.15, 0.2) is 11.5 Å². The Labute approximate surface area is 182 Å². The molecule has 0 aliphatic rings. The Bertz CT molecular complexity index is 1290. The topological polar surface area (TPSA) is 76.9 Å². The highest BCUT2D eigenvalue weighted by Crippen LogP contribution is 2.21. The number of hydrogen-bond acceptors (Lipinski definition) is 4. The molecule has 0 saturated carbocycles. The zero-order valence-corrected chi connectivity index (χ0v) is 17.1. The summed E-state index contributed by atoms with van der Waals surface area (Å²) in [4.78, 5) is 25.4. The predicted octanol–water partition coefficient (Wildman–Crippen LogP) is 4.85. The number of amides is 1. The molecular weight excluding hydrogens is 419 g/mol. The molecule has 6 nitrogen and oxygen atoms in total. The molecule has 154 valence electrons. The second-order valence-corrected chi connectivity index (χ2v) is 7.17. The van der Waals surface area contributed by atoms with Gasteiger partial charge in [-0.05, 0) is 37.3 Å². The van der Waals surface area contributed by atoms with E-state index in [2.05, 4.69) is 15.6 Å². The molecule has 1 amide bonds. The molecule has 0 bridgehead atoms. The molecule has 4 aromatic rings. The number of ketones is 1. The third-order valence-corrected chi connectivity index (χ3v) is 4.97. The molecule has 0 atom stereocenters. The van der Waals surface area contributed by atoms with Gasteiger partial charge < -0.3 is 5.32 Å². The zero-order chi connectivity index (χ0) is 22.0. The Hall–Kier alpha value is -3.84. The van der Waals surface area contributed by atoms with Crippen molar-refractivity contribution in [3.05, 3.63) is 106 Å². The number of nitrogens with zero attached hydrogens (tertiary/aromatic N) is 3. The van der Waals surface area contributed by atoms with Crippen molar-refractivity contribution >= 4 is 29.0 Å². The van der Waals surface area contributed by atoms with Gasteiger partial charge >= 0.3 is 0 Å². The molecule has 1 N–H and O–H groups in total. The lowest BCUT2D eigenvalue weighted by atomic mass is 10.0. The van der Waals surface area contributed by atoms with Crippen LogP contribution in [-0.2, 0) is 0 Å². The minimum absolute atomic E-state index is 0.0571. The van der Waals surface area contributed by atoms with Crippen LogP contribution in [-0.4, -0.2) is 26.7 Å². The van der Waals surface area contributed by atoms with Gasteiger partial charge in [0, 0.05) is 16.8 Å². The van der Waals surface area contributed by atoms with Crippen molar-refractivity contribution in [2.45, 2.75) is 6.92 Å². The van der Waals surface area contributed by atoms with Crippen molar-refractivity contribution in [1.29, 1.82) is 0 Å². The summed E-state index contributed by atoms with van der Waals surface area (Å²) in [6.07, 6.45) is 0. The molecule has 1 aromatic heterocycles. The van der Waals surface area contributed by atoms with Crippen molar-refractivity contribution in [3.8, 4) is 5.69 Å². The third kappa shape index (κ3) is 4.22. The van der Waals surface area contributed by atoms with Crippen LogP contribution >= 0.6 is 11.6 Å². The van der Waals surface area contributed by atoms with E-state index >= 15 is 0 Å². The number of halogens is 2. The molecule has 1 heterocycles. The lowest BCUT2D eigenvalue weighted by Crippen LogP contribution is -2.14. The van der Waals surface area contributed by atoms with E-state index < -0.39 is 11.7 Å². The fourth-order valence-corrected chi connectivity index (χ4v) is 3.26. The maximum Gasteiger partial charge on any atom is 0.278 e. The summed E-state index contributed by atoms with van der Waals surface area (Å²) in [5.41, 5.74) is 2.49. The Kier molecular flexibility index (Phi) is 5.60. The van der Waals surface area contributed by atoms with Gasteiger partial charge in [0.1, 0.15) is 5.82 Å². The number of hydrogen-bond donors (Lipinski definition) is 1. The molecule has 0 spiro atoms. The summed E-state index contributed by atoms with van der Waals surface area (Å²) in [5.74, 6) is -1.18. The van der Waals surface area contributed by atoms with Crippen LogP contribution in [0.5, 0.6) is 0 Å². The number of benzene rings is 3. The van der Waals surface area contributed by atoms with E-state index in [1.807, 2.05) is 6.07 Å². The maximum atomic E-state index is 13.4. The lowest BCUT2D eigenvalue weighted by Gasteiger charge is -2.07. The van der Waals surface area contributed by atoms with E-state index in [1.54, 1.807) is 55.5 Å². The van der Waals surface area contributed by atoms with E-state index in [4.69, 9.17) is 11.6 Å². The van der Waals surface area contributed by atoms with Crippen LogP contribution in [0.15, 0.2) is 72.8 Å². The van der Waals surface area contributed by atoms with Crippen LogP contribution in [0.2, 0.25) is 5.02 Å². The van der Waals surface area contributed by atoms with Crippen molar-refractivity contribution in [1.82, 2.24) is 15.0 Å². The van der Waals surface area contributed by atoms with Crippen LogP contribution in [0.3, 0.4) is 0 Å². The average Bonchev–Trinajstić information content (AvgIpc) is 3.17. The first-order valence-corrected chi connectivity index (χ1v) is 9.71. The van der Waals surface area contributed by atoms with Crippen molar-refractivity contribution in [2.24, 2.45) is 0 Å². The summed E-state index contributed by atoms with van der Waals surface area (Å²) in [5, 5.41) is 10.6. The minimum atomic E-state index is -0.550. The molecule has 0 fully saturated rings. The molecular formula is C23H16ClFN4O2. The Balaban J connectivity index is 1.56. The number of carbonyl (C=O) groups excluding carboxylic acids is 2. The van der Waals surface area contributed by atoms with Crippen LogP contribution in [0, 0.1) is 12.7 Å². The summed E-state index contributed by atoms with van der Waals surface area (Å²) < 4.78 is 14.8. The van der Waals surface area contributed by atoms with E-state index in [-0.39, 0.29) is 16.5 Å². The van der Waals surface area contributed by atoms with Gasteiger partial charge in [-0.15, -0.1) is 5.10 Å². The molecule has 0 unspecified atom stereocenters. The first kappa shape index (κ1) is 20.4. The zero-order valence-electron chi connectivity index (χ0n) is 16.3. The highest BCUT2D eigenvalue weighted by molar-refractivity contribution is 6.30. The largest absolute Gasteiger partial charge is 0.321 e. The molecule has 31 heavy (non-hydrogen) atoms. The Morgan fingerprint density at radius 2 is 1.71 bits per heavy atom. The van der Waals surface area contributed by atoms with E-state index in [0.29, 0.717) is 28.2 Å². The first-order valence-electron chi connectivity index (χ1n) is 9.33. The van der Waals surface area contributed by atoms with Gasteiger partial charge in [-0.2, -0.15) is 0 Å². The Morgan fingerprint density at radius 1 is 0.968 bits per heavy atom. The highest BCUT2D eigenvalue weighted by Gasteiger charge is 2.19. The molecule has 3 aromatic carbocycles. The van der Waals surface area contributed by atoms with E-state index in [0.717, 1.165) is 0 Å². The van der Waals surface area contributed by atoms with Crippen molar-refractivity contribution < 1.29 is 14.0 Å². The number of aromatic nitrogens is 3. The molecule has 0 aliphatic carbocycles. The second-order valence-electron chi connectivity index (χ2n) is 6.76.